The fourth-order valence-electron chi connectivity index (χ4n) is 2.88. The van der Waals surface area contributed by atoms with Crippen LogP contribution in [0.2, 0.25) is 0 Å². The minimum atomic E-state index is -0.558. The molecule has 4 rings (SSSR count). The first kappa shape index (κ1) is 18.5. The van der Waals surface area contributed by atoms with E-state index >= 15 is 0 Å². The minimum absolute atomic E-state index is 0.120. The first-order chi connectivity index (χ1) is 14.0. The SMILES string of the molecule is COc1cc(Nc2ncc(C)c(Nn3c(=O)oc4ccccc43)n2)cc(C)c1F. The van der Waals surface area contributed by atoms with Crippen molar-refractivity contribution >= 4 is 28.6 Å². The van der Waals surface area contributed by atoms with E-state index in [4.69, 9.17) is 9.15 Å². The van der Waals surface area contributed by atoms with E-state index in [0.29, 0.717) is 28.2 Å². The van der Waals surface area contributed by atoms with Gasteiger partial charge in [0.25, 0.3) is 0 Å². The third-order valence-electron chi connectivity index (χ3n) is 4.37. The van der Waals surface area contributed by atoms with Crippen LogP contribution < -0.4 is 21.2 Å². The molecule has 0 saturated heterocycles. The number of hydrogen-bond acceptors (Lipinski definition) is 7. The summed E-state index contributed by atoms with van der Waals surface area (Å²) in [5.74, 6) is -0.169. The maximum atomic E-state index is 14.0. The highest BCUT2D eigenvalue weighted by Gasteiger charge is 2.13. The van der Waals surface area contributed by atoms with Crippen LogP contribution in [0.1, 0.15) is 11.1 Å². The van der Waals surface area contributed by atoms with Crippen LogP contribution in [0.25, 0.3) is 11.1 Å². The van der Waals surface area contributed by atoms with E-state index in [0.717, 1.165) is 5.56 Å². The molecule has 0 radical (unpaired) electrons. The van der Waals surface area contributed by atoms with Gasteiger partial charge in [0.05, 0.1) is 7.11 Å². The number of rotatable bonds is 5. The Bertz CT molecular complexity index is 1260. The number of hydrogen-bond donors (Lipinski definition) is 2. The molecule has 0 aliphatic carbocycles. The van der Waals surface area contributed by atoms with Crippen LogP contribution in [-0.4, -0.2) is 21.8 Å². The number of ether oxygens (including phenoxy) is 1. The minimum Gasteiger partial charge on any atom is -0.494 e. The molecule has 0 fully saturated rings. The molecule has 0 spiro atoms. The van der Waals surface area contributed by atoms with Crippen LogP contribution in [0.5, 0.6) is 5.75 Å². The smallest absolute Gasteiger partial charge is 0.439 e. The van der Waals surface area contributed by atoms with Crippen LogP contribution in [0.4, 0.5) is 21.8 Å². The van der Waals surface area contributed by atoms with Gasteiger partial charge in [-0.1, -0.05) is 12.1 Å². The molecule has 0 saturated carbocycles. The Morgan fingerprint density at radius 1 is 1.17 bits per heavy atom. The van der Waals surface area contributed by atoms with Crippen LogP contribution in [0.3, 0.4) is 0 Å². The highest BCUT2D eigenvalue weighted by molar-refractivity contribution is 5.73. The predicted molar refractivity (Wildman–Crippen MR) is 107 cm³/mol. The number of fused-ring (bicyclic) bond motifs is 1. The van der Waals surface area contributed by atoms with Crippen LogP contribution >= 0.6 is 0 Å². The van der Waals surface area contributed by atoms with E-state index in [1.165, 1.54) is 17.9 Å². The molecule has 2 N–H and O–H groups in total. The quantitative estimate of drug-likeness (QED) is 0.531. The number of methoxy groups -OCH3 is 1. The van der Waals surface area contributed by atoms with E-state index in [1.807, 2.05) is 6.92 Å². The third kappa shape index (κ3) is 3.49. The molecular formula is C20H18FN5O3. The first-order valence-electron chi connectivity index (χ1n) is 8.78. The summed E-state index contributed by atoms with van der Waals surface area (Å²) in [6.45, 7) is 3.45. The van der Waals surface area contributed by atoms with E-state index < -0.39 is 11.6 Å². The van der Waals surface area contributed by atoms with E-state index in [2.05, 4.69) is 20.7 Å². The molecule has 0 atom stereocenters. The lowest BCUT2D eigenvalue weighted by atomic mass is 10.2. The normalized spacial score (nSPS) is 10.9. The second-order valence-corrected chi connectivity index (χ2v) is 6.44. The highest BCUT2D eigenvalue weighted by Crippen LogP contribution is 2.27. The van der Waals surface area contributed by atoms with Crippen LogP contribution in [-0.2, 0) is 0 Å². The van der Waals surface area contributed by atoms with Crippen molar-refractivity contribution in [2.24, 2.45) is 0 Å². The number of oxazole rings is 1. The van der Waals surface area contributed by atoms with Gasteiger partial charge in [-0.05, 0) is 37.6 Å². The molecule has 0 bridgehead atoms. The molecule has 2 aromatic carbocycles. The topological polar surface area (TPSA) is 94.2 Å². The standard InChI is InChI=1S/C20H18FN5O3/c1-11-8-13(9-16(28-3)17(11)21)23-19-22-10-12(2)18(24-19)25-26-14-6-4-5-7-15(14)29-20(26)27/h4-10H,1-3H3,(H2,22,23,24,25). The lowest BCUT2D eigenvalue weighted by molar-refractivity contribution is 0.385. The second-order valence-electron chi connectivity index (χ2n) is 6.44. The Morgan fingerprint density at radius 3 is 2.76 bits per heavy atom. The molecule has 0 unspecified atom stereocenters. The zero-order chi connectivity index (χ0) is 20.5. The molecule has 0 aliphatic heterocycles. The zero-order valence-electron chi connectivity index (χ0n) is 16.0. The molecule has 4 aromatic rings. The first-order valence-corrected chi connectivity index (χ1v) is 8.78. The number of nitrogens with one attached hydrogen (secondary N) is 2. The van der Waals surface area contributed by atoms with E-state index in [-0.39, 0.29) is 11.7 Å². The number of benzene rings is 2. The number of nitrogens with zero attached hydrogens (tertiary/aromatic N) is 3. The zero-order valence-corrected chi connectivity index (χ0v) is 16.0. The average molecular weight is 395 g/mol. The summed E-state index contributed by atoms with van der Waals surface area (Å²) >= 11 is 0. The molecular weight excluding hydrogens is 377 g/mol. The van der Waals surface area contributed by atoms with Gasteiger partial charge in [-0.2, -0.15) is 9.66 Å². The van der Waals surface area contributed by atoms with Crippen molar-refractivity contribution in [1.82, 2.24) is 14.6 Å². The molecule has 2 heterocycles. The van der Waals surface area contributed by atoms with Gasteiger partial charge in [0, 0.05) is 23.5 Å². The van der Waals surface area contributed by atoms with Gasteiger partial charge in [0.2, 0.25) is 5.95 Å². The summed E-state index contributed by atoms with van der Waals surface area (Å²) in [7, 11) is 1.40. The fraction of sp³-hybridized carbons (Fsp3) is 0.150. The Labute approximate surface area is 164 Å². The maximum Gasteiger partial charge on any atom is 0.439 e. The van der Waals surface area contributed by atoms with Gasteiger partial charge in [-0.15, -0.1) is 0 Å². The van der Waals surface area contributed by atoms with Crippen molar-refractivity contribution < 1.29 is 13.5 Å². The molecule has 148 valence electrons. The maximum absolute atomic E-state index is 14.0. The van der Waals surface area contributed by atoms with Crippen molar-refractivity contribution in [1.29, 1.82) is 0 Å². The highest BCUT2D eigenvalue weighted by atomic mass is 19.1. The fourth-order valence-corrected chi connectivity index (χ4v) is 2.88. The summed E-state index contributed by atoms with van der Waals surface area (Å²) < 4.78 is 25.5. The monoisotopic (exact) mass is 395 g/mol. The lowest BCUT2D eigenvalue weighted by Crippen LogP contribution is -2.23. The number of aryl methyl sites for hydroxylation is 2. The summed E-state index contributed by atoms with van der Waals surface area (Å²) in [4.78, 5) is 20.9. The lowest BCUT2D eigenvalue weighted by Gasteiger charge is -2.12. The summed E-state index contributed by atoms with van der Waals surface area (Å²) in [6.07, 6.45) is 1.61. The molecule has 29 heavy (non-hydrogen) atoms. The van der Waals surface area contributed by atoms with Crippen molar-refractivity contribution in [2.45, 2.75) is 13.8 Å². The summed E-state index contributed by atoms with van der Waals surface area (Å²) in [6, 6.07) is 10.2. The van der Waals surface area contributed by atoms with Gasteiger partial charge in [-0.3, -0.25) is 5.43 Å². The predicted octanol–water partition coefficient (Wildman–Crippen LogP) is 3.77. The van der Waals surface area contributed by atoms with Gasteiger partial charge in [0.15, 0.2) is 23.0 Å². The third-order valence-corrected chi connectivity index (χ3v) is 4.37. The molecule has 2 aromatic heterocycles. The van der Waals surface area contributed by atoms with E-state index in [9.17, 15) is 9.18 Å². The summed E-state index contributed by atoms with van der Waals surface area (Å²) in [5, 5.41) is 3.03. The largest absolute Gasteiger partial charge is 0.494 e. The van der Waals surface area contributed by atoms with Gasteiger partial charge < -0.3 is 14.5 Å². The molecule has 0 amide bonds. The van der Waals surface area contributed by atoms with Crippen LogP contribution in [0, 0.1) is 19.7 Å². The molecule has 0 aliphatic rings. The van der Waals surface area contributed by atoms with Crippen molar-refractivity contribution in [3.05, 3.63) is 70.1 Å². The van der Waals surface area contributed by atoms with Gasteiger partial charge >= 0.3 is 5.76 Å². The van der Waals surface area contributed by atoms with Crippen molar-refractivity contribution in [3.8, 4) is 5.75 Å². The summed E-state index contributed by atoms with van der Waals surface area (Å²) in [5.41, 5.74) is 5.73. The second kappa shape index (κ2) is 7.27. The molecule has 8 nitrogen and oxygen atoms in total. The number of aromatic nitrogens is 3. The van der Waals surface area contributed by atoms with Crippen molar-refractivity contribution in [3.63, 3.8) is 0 Å². The Hall–Kier alpha value is -3.88. The Balaban J connectivity index is 1.67. The number of anilines is 3. The van der Waals surface area contributed by atoms with Gasteiger partial charge in [-0.25, -0.2) is 14.2 Å². The number of para-hydroxylation sites is 2. The van der Waals surface area contributed by atoms with Crippen LogP contribution in [0.15, 0.2) is 51.8 Å². The number of halogens is 1. The van der Waals surface area contributed by atoms with Gasteiger partial charge in [0.1, 0.15) is 5.52 Å². The Kier molecular flexibility index (Phi) is 4.63. The average Bonchev–Trinajstić information content (AvgIpc) is 3.02. The molecule has 9 heteroatoms. The Morgan fingerprint density at radius 2 is 1.97 bits per heavy atom. The van der Waals surface area contributed by atoms with E-state index in [1.54, 1.807) is 43.5 Å². The van der Waals surface area contributed by atoms with Crippen molar-refractivity contribution in [2.75, 3.05) is 17.9 Å².